The van der Waals surface area contributed by atoms with E-state index in [4.69, 9.17) is 10.5 Å². The number of carbonyl (C=O) groups is 1. The second-order valence-electron chi connectivity index (χ2n) is 6.33. The molecule has 5 heteroatoms. The highest BCUT2D eigenvalue weighted by atomic mass is 16.6. The van der Waals surface area contributed by atoms with E-state index in [1.165, 1.54) is 0 Å². The molecule has 1 aliphatic rings. The van der Waals surface area contributed by atoms with Crippen molar-refractivity contribution < 1.29 is 9.53 Å². The molecule has 130 valence electrons. The minimum absolute atomic E-state index is 0.205. The number of nitrogens with zero attached hydrogens (tertiary/aromatic N) is 2. The second-order valence-corrected chi connectivity index (χ2v) is 6.33. The predicted octanol–water partition coefficient (Wildman–Crippen LogP) is 4.02. The minimum atomic E-state index is -0.273. The first-order valence-electron chi connectivity index (χ1n) is 8.50. The van der Waals surface area contributed by atoms with Crippen molar-refractivity contribution in [2.45, 2.75) is 12.6 Å². The van der Waals surface area contributed by atoms with Crippen LogP contribution in [0, 0.1) is 0 Å². The third-order valence-electron chi connectivity index (χ3n) is 4.51. The van der Waals surface area contributed by atoms with Crippen LogP contribution in [0.25, 0.3) is 11.1 Å². The van der Waals surface area contributed by atoms with Crippen LogP contribution in [0.5, 0.6) is 0 Å². The summed E-state index contributed by atoms with van der Waals surface area (Å²) in [5.41, 5.74) is 9.78. The van der Waals surface area contributed by atoms with Gasteiger partial charge in [-0.25, -0.2) is 9.78 Å². The van der Waals surface area contributed by atoms with E-state index in [2.05, 4.69) is 4.98 Å². The molecule has 3 aromatic rings. The Balaban J connectivity index is 1.44. The van der Waals surface area contributed by atoms with Gasteiger partial charge >= 0.3 is 6.09 Å². The number of anilines is 1. The van der Waals surface area contributed by atoms with Crippen LogP contribution in [0.3, 0.4) is 0 Å². The van der Waals surface area contributed by atoms with Crippen molar-refractivity contribution in [3.05, 3.63) is 84.1 Å². The maximum atomic E-state index is 12.2. The van der Waals surface area contributed by atoms with E-state index in [0.717, 1.165) is 22.3 Å². The first-order valence-corrected chi connectivity index (χ1v) is 8.50. The zero-order chi connectivity index (χ0) is 17.9. The van der Waals surface area contributed by atoms with Crippen LogP contribution in [-0.2, 0) is 11.3 Å². The van der Waals surface area contributed by atoms with Crippen LogP contribution in [0.1, 0.15) is 17.2 Å². The Morgan fingerprint density at radius 3 is 2.42 bits per heavy atom. The summed E-state index contributed by atoms with van der Waals surface area (Å²) in [7, 11) is 0. The fourth-order valence-corrected chi connectivity index (χ4v) is 3.08. The maximum absolute atomic E-state index is 12.2. The van der Waals surface area contributed by atoms with Gasteiger partial charge in [-0.2, -0.15) is 0 Å². The molecule has 2 heterocycles. The molecular weight excluding hydrogens is 326 g/mol. The zero-order valence-corrected chi connectivity index (χ0v) is 14.2. The minimum Gasteiger partial charge on any atom is -0.439 e. The van der Waals surface area contributed by atoms with Gasteiger partial charge in [0.05, 0.1) is 6.54 Å². The number of amides is 1. The van der Waals surface area contributed by atoms with Crippen molar-refractivity contribution in [3.8, 4) is 11.1 Å². The van der Waals surface area contributed by atoms with E-state index in [0.29, 0.717) is 18.9 Å². The molecule has 0 saturated carbocycles. The van der Waals surface area contributed by atoms with Gasteiger partial charge in [0.25, 0.3) is 0 Å². The quantitative estimate of drug-likeness (QED) is 0.775. The topological polar surface area (TPSA) is 68.4 Å². The van der Waals surface area contributed by atoms with Gasteiger partial charge in [-0.1, -0.05) is 54.6 Å². The summed E-state index contributed by atoms with van der Waals surface area (Å²) in [6.07, 6.45) is 1.28. The van der Waals surface area contributed by atoms with Crippen molar-refractivity contribution in [2.75, 3.05) is 12.3 Å². The Bertz CT molecular complexity index is 893. The van der Waals surface area contributed by atoms with Crippen molar-refractivity contribution in [3.63, 3.8) is 0 Å². The van der Waals surface area contributed by atoms with Gasteiger partial charge in [0.2, 0.25) is 0 Å². The van der Waals surface area contributed by atoms with Gasteiger partial charge in [-0.3, -0.25) is 4.90 Å². The van der Waals surface area contributed by atoms with E-state index < -0.39 is 0 Å². The highest BCUT2D eigenvalue weighted by molar-refractivity contribution is 5.70. The lowest BCUT2D eigenvalue weighted by Crippen LogP contribution is -2.23. The largest absolute Gasteiger partial charge is 0.439 e. The fraction of sp³-hybridized carbons (Fsp3) is 0.143. The molecule has 1 amide bonds. The number of pyridine rings is 1. The molecule has 5 nitrogen and oxygen atoms in total. The van der Waals surface area contributed by atoms with E-state index >= 15 is 0 Å². The van der Waals surface area contributed by atoms with E-state index in [1.807, 2.05) is 60.7 Å². The van der Waals surface area contributed by atoms with Gasteiger partial charge < -0.3 is 10.5 Å². The first-order chi connectivity index (χ1) is 12.7. The summed E-state index contributed by atoms with van der Waals surface area (Å²) in [6.45, 7) is 1.09. The van der Waals surface area contributed by atoms with Crippen LogP contribution in [-0.4, -0.2) is 22.5 Å². The molecular formula is C21H19N3O2. The van der Waals surface area contributed by atoms with Gasteiger partial charge in [0.1, 0.15) is 11.9 Å². The van der Waals surface area contributed by atoms with E-state index in [-0.39, 0.29) is 12.2 Å². The molecule has 1 unspecified atom stereocenters. The number of carbonyl (C=O) groups excluding carboxylic acids is 1. The number of nitrogen functional groups attached to an aromatic ring is 1. The molecule has 1 aliphatic heterocycles. The molecule has 1 atom stereocenters. The summed E-state index contributed by atoms with van der Waals surface area (Å²) in [4.78, 5) is 18.0. The molecule has 1 fully saturated rings. The smallest absolute Gasteiger partial charge is 0.410 e. The van der Waals surface area contributed by atoms with Crippen LogP contribution >= 0.6 is 0 Å². The summed E-state index contributed by atoms with van der Waals surface area (Å²) in [5, 5.41) is 0. The Labute approximate surface area is 152 Å². The van der Waals surface area contributed by atoms with Gasteiger partial charge in [0.15, 0.2) is 0 Å². The normalized spacial score (nSPS) is 16.5. The van der Waals surface area contributed by atoms with Crippen molar-refractivity contribution in [1.29, 1.82) is 0 Å². The summed E-state index contributed by atoms with van der Waals surface area (Å²) in [5.74, 6) is 0.505. The van der Waals surface area contributed by atoms with Crippen LogP contribution in [0.4, 0.5) is 10.6 Å². The van der Waals surface area contributed by atoms with Gasteiger partial charge in [-0.15, -0.1) is 0 Å². The van der Waals surface area contributed by atoms with Crippen LogP contribution in [0.15, 0.2) is 72.9 Å². The molecule has 26 heavy (non-hydrogen) atoms. The summed E-state index contributed by atoms with van der Waals surface area (Å²) in [6, 6.07) is 21.7. The monoisotopic (exact) mass is 345 g/mol. The second kappa shape index (κ2) is 6.88. The van der Waals surface area contributed by atoms with Crippen LogP contribution < -0.4 is 5.73 Å². The van der Waals surface area contributed by atoms with Crippen molar-refractivity contribution >= 4 is 11.9 Å². The highest BCUT2D eigenvalue weighted by Crippen LogP contribution is 2.27. The Morgan fingerprint density at radius 1 is 1.00 bits per heavy atom. The third kappa shape index (κ3) is 3.37. The lowest BCUT2D eigenvalue weighted by molar-refractivity contribution is 0.132. The number of hydrogen-bond donors (Lipinski definition) is 1. The number of cyclic esters (lactones) is 1. The highest BCUT2D eigenvalue weighted by Gasteiger charge is 2.32. The van der Waals surface area contributed by atoms with Crippen molar-refractivity contribution in [2.24, 2.45) is 0 Å². The fourth-order valence-electron chi connectivity index (χ4n) is 3.08. The molecule has 0 radical (unpaired) electrons. The van der Waals surface area contributed by atoms with Gasteiger partial charge in [0, 0.05) is 18.3 Å². The maximum Gasteiger partial charge on any atom is 0.410 e. The molecule has 0 bridgehead atoms. The lowest BCUT2D eigenvalue weighted by Gasteiger charge is -2.13. The summed E-state index contributed by atoms with van der Waals surface area (Å²) < 4.78 is 5.50. The average Bonchev–Trinajstić information content (AvgIpc) is 3.04. The van der Waals surface area contributed by atoms with Crippen LogP contribution in [0.2, 0.25) is 0 Å². The molecule has 0 aliphatic carbocycles. The number of benzene rings is 2. The average molecular weight is 345 g/mol. The Hall–Kier alpha value is -3.34. The molecule has 2 N–H and O–H groups in total. The number of nitrogens with two attached hydrogens (primary N) is 1. The standard InChI is InChI=1S/C21H19N3O2/c22-20-11-10-18(12-23-20)16-8-6-15(7-9-16)13-24-14-19(26-21(24)25)17-4-2-1-3-5-17/h1-12,19H,13-14H2,(H2,22,23). The Kier molecular flexibility index (Phi) is 4.27. The van der Waals surface area contributed by atoms with E-state index in [1.54, 1.807) is 17.2 Å². The SMILES string of the molecule is Nc1ccc(-c2ccc(CN3CC(c4ccccc4)OC3=O)cc2)cn1. The van der Waals surface area contributed by atoms with Gasteiger partial charge in [-0.05, 0) is 28.8 Å². The molecule has 0 spiro atoms. The number of rotatable bonds is 4. The molecule has 4 rings (SSSR count). The Morgan fingerprint density at radius 2 is 1.73 bits per heavy atom. The first kappa shape index (κ1) is 16.1. The number of hydrogen-bond acceptors (Lipinski definition) is 4. The van der Waals surface area contributed by atoms with Crippen molar-refractivity contribution in [1.82, 2.24) is 9.88 Å². The molecule has 1 aromatic heterocycles. The van der Waals surface area contributed by atoms with E-state index in [9.17, 15) is 4.79 Å². The third-order valence-corrected chi connectivity index (χ3v) is 4.51. The molecule has 2 aromatic carbocycles. The summed E-state index contributed by atoms with van der Waals surface area (Å²) >= 11 is 0. The molecule has 1 saturated heterocycles. The number of aromatic nitrogens is 1. The number of ether oxygens (including phenoxy) is 1. The lowest BCUT2D eigenvalue weighted by atomic mass is 10.1. The zero-order valence-electron chi connectivity index (χ0n) is 14.2. The predicted molar refractivity (Wildman–Crippen MR) is 100 cm³/mol.